The van der Waals surface area contributed by atoms with Crippen molar-refractivity contribution in [3.05, 3.63) is 88.8 Å². The van der Waals surface area contributed by atoms with E-state index in [1.165, 1.54) is 12.1 Å². The summed E-state index contributed by atoms with van der Waals surface area (Å²) in [5.41, 5.74) is 2.21. The van der Waals surface area contributed by atoms with Crippen molar-refractivity contribution in [2.45, 2.75) is 26.6 Å². The van der Waals surface area contributed by atoms with Crippen molar-refractivity contribution in [2.75, 3.05) is 7.11 Å². The number of aryl methyl sites for hydroxylation is 1. The number of hydrogen-bond acceptors (Lipinski definition) is 4. The molecule has 2 heterocycles. The fraction of sp³-hybridized carbons (Fsp3) is 0.208. The molecule has 0 aliphatic rings. The molecule has 0 aliphatic carbocycles. The molecule has 2 aromatic heterocycles. The Kier molecular flexibility index (Phi) is 5.77. The Balaban J connectivity index is 1.76. The lowest BCUT2D eigenvalue weighted by molar-refractivity contribution is 0.0684. The van der Waals surface area contributed by atoms with Gasteiger partial charge in [0.05, 0.1) is 19.2 Å². The number of carboxylic acid groups (broad SMARTS) is 1. The minimum Gasteiger partial charge on any atom is -0.497 e. The van der Waals surface area contributed by atoms with Gasteiger partial charge in [-0.1, -0.05) is 12.1 Å². The van der Waals surface area contributed by atoms with E-state index in [1.54, 1.807) is 35.9 Å². The summed E-state index contributed by atoms with van der Waals surface area (Å²) >= 11 is 0. The lowest BCUT2D eigenvalue weighted by atomic mass is 10.1. The van der Waals surface area contributed by atoms with Crippen LogP contribution in [0.2, 0.25) is 0 Å². The van der Waals surface area contributed by atoms with Gasteiger partial charge in [-0.2, -0.15) is 0 Å². The average molecular weight is 422 g/mol. The molecule has 0 saturated heterocycles. The van der Waals surface area contributed by atoms with E-state index in [-0.39, 0.29) is 18.1 Å². The number of carbonyl (C=O) groups is 1. The highest BCUT2D eigenvalue weighted by Gasteiger charge is 2.23. The fourth-order valence-electron chi connectivity index (χ4n) is 3.82. The molecule has 160 valence electrons. The molecule has 0 bridgehead atoms. The van der Waals surface area contributed by atoms with Gasteiger partial charge >= 0.3 is 5.97 Å². The van der Waals surface area contributed by atoms with Gasteiger partial charge in [-0.15, -0.1) is 0 Å². The van der Waals surface area contributed by atoms with E-state index >= 15 is 0 Å². The maximum absolute atomic E-state index is 13.7. The van der Waals surface area contributed by atoms with Crippen molar-refractivity contribution >= 4 is 16.9 Å². The minimum absolute atomic E-state index is 0.163. The van der Waals surface area contributed by atoms with Crippen LogP contribution >= 0.6 is 0 Å². The number of hydrogen-bond donors (Lipinski definition) is 2. The first-order valence-corrected chi connectivity index (χ1v) is 9.89. The molecule has 0 fully saturated rings. The Labute approximate surface area is 178 Å². The zero-order valence-electron chi connectivity index (χ0n) is 17.3. The third-order valence-electron chi connectivity index (χ3n) is 5.21. The molecule has 2 aromatic carbocycles. The first-order valence-electron chi connectivity index (χ1n) is 9.89. The number of rotatable bonds is 8. The predicted molar refractivity (Wildman–Crippen MR) is 115 cm³/mol. The number of nitrogens with one attached hydrogen (secondary N) is 1. The second-order valence-electron chi connectivity index (χ2n) is 7.35. The maximum atomic E-state index is 13.7. The minimum atomic E-state index is -1.04. The molecule has 0 saturated carbocycles. The van der Waals surface area contributed by atoms with E-state index in [4.69, 9.17) is 9.15 Å². The van der Waals surface area contributed by atoms with E-state index in [0.29, 0.717) is 35.5 Å². The second kappa shape index (κ2) is 8.65. The van der Waals surface area contributed by atoms with Gasteiger partial charge in [0, 0.05) is 30.1 Å². The molecule has 0 amide bonds. The monoisotopic (exact) mass is 422 g/mol. The van der Waals surface area contributed by atoms with E-state index < -0.39 is 5.97 Å². The number of methoxy groups -OCH3 is 1. The number of ether oxygens (including phenoxy) is 1. The summed E-state index contributed by atoms with van der Waals surface area (Å²) in [6.07, 6.45) is 0. The Hall–Kier alpha value is -3.58. The number of aromatic carboxylic acids is 1. The van der Waals surface area contributed by atoms with Crippen molar-refractivity contribution in [3.8, 4) is 5.75 Å². The molecule has 4 aromatic rings. The van der Waals surface area contributed by atoms with Gasteiger partial charge in [0.25, 0.3) is 0 Å². The highest BCUT2D eigenvalue weighted by atomic mass is 19.1. The van der Waals surface area contributed by atoms with Crippen molar-refractivity contribution in [1.29, 1.82) is 0 Å². The van der Waals surface area contributed by atoms with Gasteiger partial charge < -0.3 is 24.1 Å². The van der Waals surface area contributed by atoms with Gasteiger partial charge in [-0.3, -0.25) is 0 Å². The Bertz CT molecular complexity index is 1240. The number of fused-ring (bicyclic) bond motifs is 1. The van der Waals surface area contributed by atoms with Crippen LogP contribution in [0.15, 0.2) is 59.0 Å². The second-order valence-corrected chi connectivity index (χ2v) is 7.35. The smallest absolute Gasteiger partial charge is 0.352 e. The van der Waals surface area contributed by atoms with Crippen LogP contribution in [0.1, 0.15) is 33.1 Å². The van der Waals surface area contributed by atoms with Crippen molar-refractivity contribution in [2.24, 2.45) is 0 Å². The lowest BCUT2D eigenvalue weighted by Gasteiger charge is -2.10. The molecule has 0 spiro atoms. The SMILES string of the molecule is COc1ccc2c(CNCc3ccc(C)o3)c(C(=O)O)n(Cc3cccc(F)c3)c2c1. The van der Waals surface area contributed by atoms with E-state index in [1.807, 2.05) is 25.1 Å². The summed E-state index contributed by atoms with van der Waals surface area (Å²) in [6.45, 7) is 2.90. The molecule has 0 radical (unpaired) electrons. The van der Waals surface area contributed by atoms with E-state index in [9.17, 15) is 14.3 Å². The summed E-state index contributed by atoms with van der Waals surface area (Å²) in [4.78, 5) is 12.3. The summed E-state index contributed by atoms with van der Waals surface area (Å²) < 4.78 is 26.4. The normalized spacial score (nSPS) is 11.2. The Morgan fingerprint density at radius 2 is 2.00 bits per heavy atom. The number of halogens is 1. The summed E-state index contributed by atoms with van der Waals surface area (Å²) in [5.74, 6) is 0.811. The van der Waals surface area contributed by atoms with Gasteiger partial charge in [0.15, 0.2) is 0 Å². The topological polar surface area (TPSA) is 76.6 Å². The molecule has 6 nitrogen and oxygen atoms in total. The number of nitrogens with zero attached hydrogens (tertiary/aromatic N) is 1. The van der Waals surface area contributed by atoms with Crippen LogP contribution in [0, 0.1) is 12.7 Å². The third-order valence-corrected chi connectivity index (χ3v) is 5.21. The van der Waals surface area contributed by atoms with Crippen LogP contribution in [-0.4, -0.2) is 22.8 Å². The van der Waals surface area contributed by atoms with E-state index in [2.05, 4.69) is 5.32 Å². The molecular formula is C24H23FN2O4. The number of aromatic nitrogens is 1. The van der Waals surface area contributed by atoms with Crippen LogP contribution < -0.4 is 10.1 Å². The van der Waals surface area contributed by atoms with Crippen LogP contribution in [0.5, 0.6) is 5.75 Å². The van der Waals surface area contributed by atoms with Crippen LogP contribution in [-0.2, 0) is 19.6 Å². The summed E-state index contributed by atoms with van der Waals surface area (Å²) in [7, 11) is 1.56. The van der Waals surface area contributed by atoms with Crippen molar-refractivity contribution in [1.82, 2.24) is 9.88 Å². The average Bonchev–Trinajstić information content (AvgIpc) is 3.29. The summed E-state index contributed by atoms with van der Waals surface area (Å²) in [5, 5.41) is 14.1. The molecule has 0 unspecified atom stereocenters. The van der Waals surface area contributed by atoms with Gasteiger partial charge in [0.1, 0.15) is 28.8 Å². The Morgan fingerprint density at radius 1 is 1.16 bits per heavy atom. The number of furan rings is 1. The Morgan fingerprint density at radius 3 is 2.68 bits per heavy atom. The highest BCUT2D eigenvalue weighted by Crippen LogP contribution is 2.31. The highest BCUT2D eigenvalue weighted by molar-refractivity contribution is 5.98. The molecule has 2 N–H and O–H groups in total. The fourth-order valence-corrected chi connectivity index (χ4v) is 3.82. The molecule has 4 rings (SSSR count). The largest absolute Gasteiger partial charge is 0.497 e. The predicted octanol–water partition coefficient (Wildman–Crippen LogP) is 4.73. The number of benzene rings is 2. The molecule has 31 heavy (non-hydrogen) atoms. The van der Waals surface area contributed by atoms with Gasteiger partial charge in [-0.25, -0.2) is 9.18 Å². The van der Waals surface area contributed by atoms with Gasteiger partial charge in [0.2, 0.25) is 0 Å². The first-order chi connectivity index (χ1) is 15.0. The summed E-state index contributed by atoms with van der Waals surface area (Å²) in [6, 6.07) is 15.4. The third kappa shape index (κ3) is 4.32. The van der Waals surface area contributed by atoms with Crippen LogP contribution in [0.25, 0.3) is 10.9 Å². The zero-order valence-corrected chi connectivity index (χ0v) is 17.3. The molecule has 7 heteroatoms. The van der Waals surface area contributed by atoms with E-state index in [0.717, 1.165) is 16.9 Å². The van der Waals surface area contributed by atoms with Crippen LogP contribution in [0.4, 0.5) is 4.39 Å². The zero-order chi connectivity index (χ0) is 22.0. The van der Waals surface area contributed by atoms with Crippen molar-refractivity contribution < 1.29 is 23.4 Å². The maximum Gasteiger partial charge on any atom is 0.352 e. The lowest BCUT2D eigenvalue weighted by Crippen LogP contribution is -2.17. The standard InChI is InChI=1S/C24H23FN2O4/c1-15-6-7-19(31-15)12-26-13-21-20-9-8-18(30-2)11-22(20)27(23(21)24(28)29)14-16-4-3-5-17(25)10-16/h3-11,26H,12-14H2,1-2H3,(H,28,29). The quantitative estimate of drug-likeness (QED) is 0.429. The first kappa shape index (κ1) is 20.7. The van der Waals surface area contributed by atoms with Gasteiger partial charge in [-0.05, 0) is 48.9 Å². The molecule has 0 aliphatic heterocycles. The number of carboxylic acids is 1. The molecular weight excluding hydrogens is 399 g/mol. The molecule has 0 atom stereocenters. The van der Waals surface area contributed by atoms with Crippen LogP contribution in [0.3, 0.4) is 0 Å². The van der Waals surface area contributed by atoms with Crippen molar-refractivity contribution in [3.63, 3.8) is 0 Å².